The number of benzene rings is 1. The van der Waals surface area contributed by atoms with Gasteiger partial charge in [0.05, 0.1) is 5.69 Å². The van der Waals surface area contributed by atoms with Crippen LogP contribution in [0.3, 0.4) is 0 Å². The maximum absolute atomic E-state index is 6.01. The highest BCUT2D eigenvalue weighted by molar-refractivity contribution is 6.30. The Morgan fingerprint density at radius 3 is 2.76 bits per heavy atom. The van der Waals surface area contributed by atoms with Gasteiger partial charge < -0.3 is 4.90 Å². The fraction of sp³-hybridized carbons (Fsp3) is 0.333. The van der Waals surface area contributed by atoms with E-state index in [0.717, 1.165) is 29.7 Å². The molecular weight excluding hydrogens is 236 g/mol. The first-order valence-corrected chi connectivity index (χ1v) is 6.13. The molecule has 0 radical (unpaired) electrons. The van der Waals surface area contributed by atoms with Gasteiger partial charge in [-0.1, -0.05) is 17.7 Å². The first-order valence-electron chi connectivity index (χ1n) is 5.75. The standard InChI is InChI=1S/C12H13ClN4/c13-10-4-3-5-11(8-10)17-9-14-15-12(17)16-6-1-2-7-16/h3-5,8-9H,1-2,6-7H2. The van der Waals surface area contributed by atoms with E-state index in [-0.39, 0.29) is 0 Å². The third kappa shape index (κ3) is 2.00. The van der Waals surface area contributed by atoms with Crippen LogP contribution in [0.25, 0.3) is 5.69 Å². The van der Waals surface area contributed by atoms with Crippen LogP contribution in [0, 0.1) is 0 Å². The fourth-order valence-electron chi connectivity index (χ4n) is 2.17. The van der Waals surface area contributed by atoms with Gasteiger partial charge in [0, 0.05) is 18.1 Å². The number of anilines is 1. The van der Waals surface area contributed by atoms with Gasteiger partial charge in [-0.15, -0.1) is 10.2 Å². The molecule has 0 saturated carbocycles. The third-order valence-electron chi connectivity index (χ3n) is 3.01. The summed E-state index contributed by atoms with van der Waals surface area (Å²) in [5.41, 5.74) is 1.00. The summed E-state index contributed by atoms with van der Waals surface area (Å²) in [4.78, 5) is 2.26. The Morgan fingerprint density at radius 1 is 1.18 bits per heavy atom. The molecule has 2 heterocycles. The molecule has 1 fully saturated rings. The molecule has 1 aromatic carbocycles. The van der Waals surface area contributed by atoms with Gasteiger partial charge >= 0.3 is 0 Å². The normalized spacial score (nSPS) is 15.5. The summed E-state index contributed by atoms with van der Waals surface area (Å²) in [6.07, 6.45) is 4.18. The summed E-state index contributed by atoms with van der Waals surface area (Å²) in [5.74, 6) is 0.907. The van der Waals surface area contributed by atoms with Crippen molar-refractivity contribution in [3.63, 3.8) is 0 Å². The quantitative estimate of drug-likeness (QED) is 0.819. The SMILES string of the molecule is Clc1cccc(-n2cnnc2N2CCCC2)c1. The van der Waals surface area contributed by atoms with Crippen LogP contribution in [0.15, 0.2) is 30.6 Å². The molecule has 1 aliphatic rings. The third-order valence-corrected chi connectivity index (χ3v) is 3.24. The van der Waals surface area contributed by atoms with E-state index in [1.165, 1.54) is 12.8 Å². The fourth-order valence-corrected chi connectivity index (χ4v) is 2.35. The molecule has 2 aromatic rings. The number of aromatic nitrogens is 3. The zero-order valence-corrected chi connectivity index (χ0v) is 10.1. The van der Waals surface area contributed by atoms with Crippen molar-refractivity contribution in [2.45, 2.75) is 12.8 Å². The van der Waals surface area contributed by atoms with Crippen LogP contribution in [-0.2, 0) is 0 Å². The summed E-state index contributed by atoms with van der Waals surface area (Å²) in [5, 5.41) is 8.93. The molecule has 0 unspecified atom stereocenters. The van der Waals surface area contributed by atoms with Crippen LogP contribution in [0.4, 0.5) is 5.95 Å². The summed E-state index contributed by atoms with van der Waals surface area (Å²) < 4.78 is 1.98. The Morgan fingerprint density at radius 2 is 2.00 bits per heavy atom. The lowest BCUT2D eigenvalue weighted by molar-refractivity contribution is 0.870. The van der Waals surface area contributed by atoms with E-state index >= 15 is 0 Å². The zero-order valence-electron chi connectivity index (χ0n) is 9.38. The van der Waals surface area contributed by atoms with E-state index in [1.54, 1.807) is 6.33 Å². The Kier molecular flexibility index (Phi) is 2.73. The van der Waals surface area contributed by atoms with Gasteiger partial charge in [-0.2, -0.15) is 0 Å². The van der Waals surface area contributed by atoms with Crippen molar-refractivity contribution in [3.05, 3.63) is 35.6 Å². The minimum atomic E-state index is 0.726. The molecule has 17 heavy (non-hydrogen) atoms. The Bertz CT molecular complexity index is 517. The molecule has 0 aliphatic carbocycles. The van der Waals surface area contributed by atoms with Crippen molar-refractivity contribution in [3.8, 4) is 5.69 Å². The van der Waals surface area contributed by atoms with Crippen LogP contribution in [0.2, 0.25) is 5.02 Å². The van der Waals surface area contributed by atoms with E-state index in [2.05, 4.69) is 15.1 Å². The minimum Gasteiger partial charge on any atom is -0.341 e. The smallest absolute Gasteiger partial charge is 0.231 e. The number of hydrogen-bond acceptors (Lipinski definition) is 3. The predicted molar refractivity (Wildman–Crippen MR) is 67.8 cm³/mol. The topological polar surface area (TPSA) is 34.0 Å². The van der Waals surface area contributed by atoms with Crippen molar-refractivity contribution in [2.75, 3.05) is 18.0 Å². The molecule has 0 N–H and O–H groups in total. The van der Waals surface area contributed by atoms with Gasteiger partial charge in [-0.05, 0) is 31.0 Å². The molecule has 88 valence electrons. The molecule has 1 aromatic heterocycles. The molecule has 0 amide bonds. The van der Waals surface area contributed by atoms with Crippen LogP contribution < -0.4 is 4.90 Å². The number of hydrogen-bond donors (Lipinski definition) is 0. The van der Waals surface area contributed by atoms with Gasteiger partial charge in [-0.3, -0.25) is 4.57 Å². The molecule has 5 heteroatoms. The molecular formula is C12H13ClN4. The zero-order chi connectivity index (χ0) is 11.7. The second-order valence-corrected chi connectivity index (χ2v) is 4.61. The second kappa shape index (κ2) is 4.37. The first-order chi connectivity index (χ1) is 8.34. The average Bonchev–Trinajstić information content (AvgIpc) is 3.00. The van der Waals surface area contributed by atoms with E-state index < -0.39 is 0 Å². The van der Waals surface area contributed by atoms with Gasteiger partial charge in [0.1, 0.15) is 6.33 Å². The van der Waals surface area contributed by atoms with Crippen molar-refractivity contribution in [2.24, 2.45) is 0 Å². The number of rotatable bonds is 2. The molecule has 3 rings (SSSR count). The van der Waals surface area contributed by atoms with Crippen molar-refractivity contribution in [1.82, 2.24) is 14.8 Å². The number of nitrogens with zero attached hydrogens (tertiary/aromatic N) is 4. The van der Waals surface area contributed by atoms with Crippen LogP contribution >= 0.6 is 11.6 Å². The minimum absolute atomic E-state index is 0.726. The molecule has 0 atom stereocenters. The second-order valence-electron chi connectivity index (χ2n) is 4.17. The van der Waals surface area contributed by atoms with Gasteiger partial charge in [-0.25, -0.2) is 0 Å². The van der Waals surface area contributed by atoms with E-state index in [1.807, 2.05) is 28.8 Å². The van der Waals surface area contributed by atoms with Gasteiger partial charge in [0.25, 0.3) is 0 Å². The lowest BCUT2D eigenvalue weighted by Gasteiger charge is -2.17. The van der Waals surface area contributed by atoms with Crippen LogP contribution in [0.1, 0.15) is 12.8 Å². The largest absolute Gasteiger partial charge is 0.341 e. The van der Waals surface area contributed by atoms with Gasteiger partial charge in [0.2, 0.25) is 5.95 Å². The molecule has 0 bridgehead atoms. The van der Waals surface area contributed by atoms with Crippen molar-refractivity contribution < 1.29 is 0 Å². The monoisotopic (exact) mass is 248 g/mol. The van der Waals surface area contributed by atoms with Crippen LogP contribution in [-0.4, -0.2) is 27.9 Å². The first kappa shape index (κ1) is 10.6. The lowest BCUT2D eigenvalue weighted by Crippen LogP contribution is -2.21. The number of halogens is 1. The van der Waals surface area contributed by atoms with Crippen LogP contribution in [0.5, 0.6) is 0 Å². The summed E-state index contributed by atoms with van der Waals surface area (Å²) in [6.45, 7) is 2.11. The van der Waals surface area contributed by atoms with E-state index in [4.69, 9.17) is 11.6 Å². The van der Waals surface area contributed by atoms with E-state index in [0.29, 0.717) is 0 Å². The summed E-state index contributed by atoms with van der Waals surface area (Å²) in [6, 6.07) is 7.73. The summed E-state index contributed by atoms with van der Waals surface area (Å²) >= 11 is 6.01. The molecule has 1 saturated heterocycles. The van der Waals surface area contributed by atoms with Crippen molar-refractivity contribution in [1.29, 1.82) is 0 Å². The molecule has 4 nitrogen and oxygen atoms in total. The Hall–Kier alpha value is -1.55. The Labute approximate surface area is 105 Å². The highest BCUT2D eigenvalue weighted by Crippen LogP contribution is 2.22. The Balaban J connectivity index is 2.00. The van der Waals surface area contributed by atoms with Gasteiger partial charge in [0.15, 0.2) is 0 Å². The van der Waals surface area contributed by atoms with E-state index in [9.17, 15) is 0 Å². The maximum Gasteiger partial charge on any atom is 0.231 e. The van der Waals surface area contributed by atoms with Crippen molar-refractivity contribution >= 4 is 17.5 Å². The highest BCUT2D eigenvalue weighted by atomic mass is 35.5. The highest BCUT2D eigenvalue weighted by Gasteiger charge is 2.18. The predicted octanol–water partition coefficient (Wildman–Crippen LogP) is 2.52. The molecule has 1 aliphatic heterocycles. The maximum atomic E-state index is 6.01. The average molecular weight is 249 g/mol. The lowest BCUT2D eigenvalue weighted by atomic mass is 10.3. The molecule has 0 spiro atoms. The summed E-state index contributed by atoms with van der Waals surface area (Å²) in [7, 11) is 0.